The average Bonchev–Trinajstić information content (AvgIpc) is 2.24. The third-order valence-electron chi connectivity index (χ3n) is 1.92. The zero-order valence-electron chi connectivity index (χ0n) is 7.84. The number of benzene rings is 2. The predicted octanol–water partition coefficient (Wildman–Crippen LogP) is 1.98. The van der Waals surface area contributed by atoms with Crippen LogP contribution in [0.1, 0.15) is 0 Å². The van der Waals surface area contributed by atoms with E-state index in [1.807, 2.05) is 0 Å². The number of rotatable bonds is 2. The number of para-hydroxylation sites is 2. The third kappa shape index (κ3) is 2.25. The van der Waals surface area contributed by atoms with Crippen molar-refractivity contribution in [2.45, 2.75) is 9.79 Å². The molecule has 3 heteroatoms. The molecule has 0 spiro atoms. The van der Waals surface area contributed by atoms with Crippen LogP contribution in [0.5, 0.6) is 11.5 Å². The van der Waals surface area contributed by atoms with E-state index in [-0.39, 0.29) is 11.5 Å². The molecule has 0 aliphatic heterocycles. The van der Waals surface area contributed by atoms with E-state index < -0.39 is 0 Å². The van der Waals surface area contributed by atoms with E-state index in [1.54, 1.807) is 36.4 Å². The highest BCUT2D eigenvalue weighted by atomic mass is 32.2. The van der Waals surface area contributed by atoms with Gasteiger partial charge in [0.25, 0.3) is 0 Å². The van der Waals surface area contributed by atoms with Crippen LogP contribution >= 0.6 is 11.8 Å². The molecule has 15 heavy (non-hydrogen) atoms. The van der Waals surface area contributed by atoms with Gasteiger partial charge in [0, 0.05) is 9.79 Å². The Morgan fingerprint density at radius 1 is 0.667 bits per heavy atom. The highest BCUT2D eigenvalue weighted by Crippen LogP contribution is 2.35. The minimum atomic E-state index is -0.0502. The molecule has 0 heterocycles. The summed E-state index contributed by atoms with van der Waals surface area (Å²) in [6.07, 6.45) is 0. The summed E-state index contributed by atoms with van der Waals surface area (Å²) in [4.78, 5) is 1.17. The van der Waals surface area contributed by atoms with Crippen LogP contribution in [0.2, 0.25) is 0 Å². The summed E-state index contributed by atoms with van der Waals surface area (Å²) in [6.45, 7) is 0. The molecule has 0 radical (unpaired) electrons. The van der Waals surface area contributed by atoms with E-state index in [4.69, 9.17) is 0 Å². The van der Waals surface area contributed by atoms with Gasteiger partial charge in [0.2, 0.25) is 0 Å². The molecular formula is C12H8O2S-2. The lowest BCUT2D eigenvalue weighted by Crippen LogP contribution is -1.94. The van der Waals surface area contributed by atoms with Crippen molar-refractivity contribution >= 4 is 11.8 Å². The summed E-state index contributed by atoms with van der Waals surface area (Å²) in [7, 11) is 0. The Bertz CT molecular complexity index is 425. The largest absolute Gasteiger partial charge is 0.872 e. The van der Waals surface area contributed by atoms with Crippen molar-refractivity contribution < 1.29 is 10.2 Å². The first-order chi connectivity index (χ1) is 7.27. The van der Waals surface area contributed by atoms with Gasteiger partial charge >= 0.3 is 0 Å². The lowest BCUT2D eigenvalue weighted by molar-refractivity contribution is -0.272. The van der Waals surface area contributed by atoms with Crippen LogP contribution in [0.3, 0.4) is 0 Å². The SMILES string of the molecule is [O-]c1ccccc1Sc1ccccc1[O-]. The molecule has 0 aromatic heterocycles. The van der Waals surface area contributed by atoms with Crippen LogP contribution in [0.4, 0.5) is 0 Å². The van der Waals surface area contributed by atoms with Crippen molar-refractivity contribution in [3.63, 3.8) is 0 Å². The van der Waals surface area contributed by atoms with Crippen molar-refractivity contribution in [1.82, 2.24) is 0 Å². The minimum absolute atomic E-state index is 0.0502. The zero-order valence-corrected chi connectivity index (χ0v) is 8.66. The van der Waals surface area contributed by atoms with Crippen LogP contribution in [0.25, 0.3) is 0 Å². The average molecular weight is 216 g/mol. The maximum Gasteiger partial charge on any atom is 0.00430 e. The first-order valence-corrected chi connectivity index (χ1v) is 5.29. The summed E-state index contributed by atoms with van der Waals surface area (Å²) < 4.78 is 0. The highest BCUT2D eigenvalue weighted by molar-refractivity contribution is 7.99. The number of hydrogen-bond donors (Lipinski definition) is 0. The fraction of sp³-hybridized carbons (Fsp3) is 0. The summed E-state index contributed by atoms with van der Waals surface area (Å²) in [5.41, 5.74) is 0. The van der Waals surface area contributed by atoms with Crippen LogP contribution in [-0.2, 0) is 0 Å². The van der Waals surface area contributed by atoms with Crippen molar-refractivity contribution in [3.8, 4) is 11.5 Å². The van der Waals surface area contributed by atoms with E-state index in [9.17, 15) is 10.2 Å². The van der Waals surface area contributed by atoms with Crippen LogP contribution in [0.15, 0.2) is 58.3 Å². The minimum Gasteiger partial charge on any atom is -0.872 e. The standard InChI is InChI=1S/C12H10O2S/c13-9-5-1-3-7-11(9)15-12-8-4-2-6-10(12)14/h1-8,13-14H/p-2. The first kappa shape index (κ1) is 9.93. The Hall–Kier alpha value is -1.61. The quantitative estimate of drug-likeness (QED) is 0.771. The normalized spacial score (nSPS) is 10.1. The summed E-state index contributed by atoms with van der Waals surface area (Å²) >= 11 is 1.22. The van der Waals surface area contributed by atoms with E-state index in [0.717, 1.165) is 0 Å². The second kappa shape index (κ2) is 4.28. The first-order valence-electron chi connectivity index (χ1n) is 4.47. The molecule has 2 aromatic carbocycles. The molecule has 0 aliphatic carbocycles. The topological polar surface area (TPSA) is 46.1 Å². The molecule has 0 aliphatic rings. The van der Waals surface area contributed by atoms with E-state index in [0.29, 0.717) is 9.79 Å². The highest BCUT2D eigenvalue weighted by Gasteiger charge is 1.97. The van der Waals surface area contributed by atoms with Crippen LogP contribution < -0.4 is 10.2 Å². The molecular weight excluding hydrogens is 208 g/mol. The molecule has 0 bridgehead atoms. The van der Waals surface area contributed by atoms with Crippen molar-refractivity contribution in [2.75, 3.05) is 0 Å². The Morgan fingerprint density at radius 3 is 1.47 bits per heavy atom. The van der Waals surface area contributed by atoms with E-state index in [1.165, 1.54) is 23.9 Å². The predicted molar refractivity (Wildman–Crippen MR) is 55.9 cm³/mol. The van der Waals surface area contributed by atoms with Crippen LogP contribution in [-0.4, -0.2) is 0 Å². The molecule has 0 saturated heterocycles. The molecule has 0 atom stereocenters. The maximum absolute atomic E-state index is 11.4. The lowest BCUT2D eigenvalue weighted by Gasteiger charge is -2.16. The van der Waals surface area contributed by atoms with Gasteiger partial charge in [-0.2, -0.15) is 0 Å². The monoisotopic (exact) mass is 216 g/mol. The molecule has 0 N–H and O–H groups in total. The lowest BCUT2D eigenvalue weighted by atomic mass is 10.3. The second-order valence-corrected chi connectivity index (χ2v) is 4.08. The Labute approximate surface area is 92.2 Å². The van der Waals surface area contributed by atoms with E-state index in [2.05, 4.69) is 0 Å². The van der Waals surface area contributed by atoms with Gasteiger partial charge in [-0.15, -0.1) is 0 Å². The molecule has 0 unspecified atom stereocenters. The summed E-state index contributed by atoms with van der Waals surface area (Å²) in [5.74, 6) is -0.100. The smallest absolute Gasteiger partial charge is 0.00430 e. The molecule has 76 valence electrons. The van der Waals surface area contributed by atoms with Gasteiger partial charge in [-0.05, 0) is 12.1 Å². The summed E-state index contributed by atoms with van der Waals surface area (Å²) in [5, 5.41) is 22.8. The molecule has 2 nitrogen and oxygen atoms in total. The van der Waals surface area contributed by atoms with Crippen LogP contribution in [0, 0.1) is 0 Å². The van der Waals surface area contributed by atoms with Gasteiger partial charge in [0.1, 0.15) is 0 Å². The van der Waals surface area contributed by atoms with Gasteiger partial charge < -0.3 is 10.2 Å². The molecule has 2 rings (SSSR count). The van der Waals surface area contributed by atoms with E-state index >= 15 is 0 Å². The van der Waals surface area contributed by atoms with Crippen molar-refractivity contribution in [1.29, 1.82) is 0 Å². The maximum atomic E-state index is 11.4. The molecule has 0 saturated carbocycles. The van der Waals surface area contributed by atoms with Crippen molar-refractivity contribution in [3.05, 3.63) is 48.5 Å². The van der Waals surface area contributed by atoms with Gasteiger partial charge in [0.15, 0.2) is 0 Å². The summed E-state index contributed by atoms with van der Waals surface area (Å²) in [6, 6.07) is 13.4. The molecule has 0 fully saturated rings. The fourth-order valence-electron chi connectivity index (χ4n) is 1.19. The second-order valence-electron chi connectivity index (χ2n) is 3.00. The molecule has 0 amide bonds. The Balaban J connectivity index is 2.30. The van der Waals surface area contributed by atoms with Crippen molar-refractivity contribution in [2.24, 2.45) is 0 Å². The fourth-order valence-corrected chi connectivity index (χ4v) is 2.05. The third-order valence-corrected chi connectivity index (χ3v) is 3.03. The number of hydrogen-bond acceptors (Lipinski definition) is 3. The Morgan fingerprint density at radius 2 is 1.07 bits per heavy atom. The van der Waals surface area contributed by atoms with Gasteiger partial charge in [0.05, 0.1) is 0 Å². The van der Waals surface area contributed by atoms with Gasteiger partial charge in [-0.25, -0.2) is 0 Å². The molecule has 2 aromatic rings. The zero-order chi connectivity index (χ0) is 10.7. The Kier molecular flexibility index (Phi) is 2.83. The van der Waals surface area contributed by atoms with Gasteiger partial charge in [-0.3, -0.25) is 0 Å². The van der Waals surface area contributed by atoms with Gasteiger partial charge in [-0.1, -0.05) is 59.7 Å².